The molecule has 0 radical (unpaired) electrons. The van der Waals surface area contributed by atoms with Crippen molar-refractivity contribution in [3.05, 3.63) is 23.0 Å². The van der Waals surface area contributed by atoms with E-state index in [1.54, 1.807) is 17.2 Å². The van der Waals surface area contributed by atoms with Crippen LogP contribution in [0.4, 0.5) is 4.79 Å². The van der Waals surface area contributed by atoms with E-state index in [0.717, 1.165) is 12.8 Å². The van der Waals surface area contributed by atoms with E-state index in [4.69, 9.17) is 16.3 Å². The van der Waals surface area contributed by atoms with Crippen molar-refractivity contribution in [1.82, 2.24) is 15.2 Å². The molecule has 0 unspecified atom stereocenters. The van der Waals surface area contributed by atoms with E-state index in [9.17, 15) is 9.59 Å². The highest BCUT2D eigenvalue weighted by Gasteiger charge is 2.30. The Morgan fingerprint density at radius 3 is 2.82 bits per heavy atom. The molecule has 1 aromatic rings. The summed E-state index contributed by atoms with van der Waals surface area (Å²) in [6.45, 7) is 6.50. The molecule has 2 heterocycles. The highest BCUT2D eigenvalue weighted by Crippen LogP contribution is 2.20. The van der Waals surface area contributed by atoms with Gasteiger partial charge in [-0.15, -0.1) is 0 Å². The number of H-pyrrole nitrogens is 1. The molecule has 0 bridgehead atoms. The van der Waals surface area contributed by atoms with Crippen LogP contribution in [0.1, 0.15) is 44.1 Å². The lowest BCUT2D eigenvalue weighted by Crippen LogP contribution is -2.44. The van der Waals surface area contributed by atoms with E-state index in [1.165, 1.54) is 0 Å². The fraction of sp³-hybridized carbons (Fsp3) is 0.600. The van der Waals surface area contributed by atoms with Crippen molar-refractivity contribution in [2.24, 2.45) is 0 Å². The lowest BCUT2D eigenvalue weighted by atomic mass is 10.2. The number of amides is 2. The van der Waals surface area contributed by atoms with Gasteiger partial charge in [-0.2, -0.15) is 0 Å². The van der Waals surface area contributed by atoms with E-state index in [0.29, 0.717) is 23.8 Å². The van der Waals surface area contributed by atoms with Gasteiger partial charge in [-0.05, 0) is 39.7 Å². The molecule has 22 heavy (non-hydrogen) atoms. The Hall–Kier alpha value is -1.69. The first-order chi connectivity index (χ1) is 10.3. The first-order valence-corrected chi connectivity index (χ1v) is 7.76. The van der Waals surface area contributed by atoms with Crippen LogP contribution in [0.2, 0.25) is 5.02 Å². The van der Waals surface area contributed by atoms with Crippen molar-refractivity contribution in [3.63, 3.8) is 0 Å². The molecule has 0 aromatic carbocycles. The summed E-state index contributed by atoms with van der Waals surface area (Å²) >= 11 is 5.84. The van der Waals surface area contributed by atoms with Crippen LogP contribution in [0, 0.1) is 0 Å². The number of aromatic nitrogens is 1. The van der Waals surface area contributed by atoms with Gasteiger partial charge >= 0.3 is 6.09 Å². The number of carbonyl (C=O) groups is 2. The maximum atomic E-state index is 12.4. The van der Waals surface area contributed by atoms with Crippen LogP contribution in [0.25, 0.3) is 0 Å². The number of nitrogens with one attached hydrogen (secondary N) is 2. The van der Waals surface area contributed by atoms with Crippen molar-refractivity contribution in [1.29, 1.82) is 0 Å². The van der Waals surface area contributed by atoms with Crippen LogP contribution >= 0.6 is 11.6 Å². The summed E-state index contributed by atoms with van der Waals surface area (Å²) in [6.07, 6.45) is 2.89. The Kier molecular flexibility index (Phi) is 5.01. The van der Waals surface area contributed by atoms with E-state index in [2.05, 4.69) is 10.3 Å². The zero-order chi connectivity index (χ0) is 16.3. The number of likely N-dealkylation sites (tertiary alicyclic amines) is 1. The molecule has 0 aliphatic carbocycles. The summed E-state index contributed by atoms with van der Waals surface area (Å²) in [6, 6.07) is 1.59. The lowest BCUT2D eigenvalue weighted by molar-refractivity contribution is 0.0501. The second-order valence-electron chi connectivity index (χ2n) is 6.41. The molecule has 0 saturated carbocycles. The van der Waals surface area contributed by atoms with Crippen molar-refractivity contribution < 1.29 is 14.3 Å². The standard InChI is InChI=1S/C15H22ClN3O3/c1-15(2,3)22-14(21)18-9-11-5-4-6-19(11)13(20)12-7-10(16)8-17-12/h7-8,11,17H,4-6,9H2,1-3H3,(H,18,21)/t11-/m0/s1. The maximum Gasteiger partial charge on any atom is 0.407 e. The van der Waals surface area contributed by atoms with Gasteiger partial charge in [0, 0.05) is 25.3 Å². The molecular weight excluding hydrogens is 306 g/mol. The average molecular weight is 328 g/mol. The lowest BCUT2D eigenvalue weighted by Gasteiger charge is -2.25. The minimum absolute atomic E-state index is 0.0258. The predicted molar refractivity (Wildman–Crippen MR) is 84.1 cm³/mol. The zero-order valence-corrected chi connectivity index (χ0v) is 13.9. The minimum atomic E-state index is -0.531. The number of hydrogen-bond acceptors (Lipinski definition) is 3. The highest BCUT2D eigenvalue weighted by molar-refractivity contribution is 6.30. The van der Waals surface area contributed by atoms with Gasteiger partial charge in [0.2, 0.25) is 0 Å². The molecule has 1 atom stereocenters. The molecule has 1 aliphatic heterocycles. The molecule has 1 fully saturated rings. The van der Waals surface area contributed by atoms with E-state index < -0.39 is 11.7 Å². The number of carbonyl (C=O) groups excluding carboxylic acids is 2. The third-order valence-electron chi connectivity index (χ3n) is 3.40. The fourth-order valence-electron chi connectivity index (χ4n) is 2.48. The largest absolute Gasteiger partial charge is 0.444 e. The first kappa shape index (κ1) is 16.7. The number of alkyl carbamates (subject to hydrolysis) is 1. The Balaban J connectivity index is 1.91. The van der Waals surface area contributed by atoms with E-state index >= 15 is 0 Å². The van der Waals surface area contributed by atoms with Gasteiger partial charge in [0.05, 0.1) is 5.02 Å². The number of nitrogens with zero attached hydrogens (tertiary/aromatic N) is 1. The number of halogens is 1. The zero-order valence-electron chi connectivity index (χ0n) is 13.1. The van der Waals surface area contributed by atoms with Crippen LogP contribution < -0.4 is 5.32 Å². The molecule has 1 saturated heterocycles. The summed E-state index contributed by atoms with van der Waals surface area (Å²) in [5.74, 6) is -0.0969. The highest BCUT2D eigenvalue weighted by atomic mass is 35.5. The predicted octanol–water partition coefficient (Wildman–Crippen LogP) is 2.80. The second-order valence-corrected chi connectivity index (χ2v) is 6.85. The summed E-state index contributed by atoms with van der Waals surface area (Å²) in [5, 5.41) is 3.24. The first-order valence-electron chi connectivity index (χ1n) is 7.38. The smallest absolute Gasteiger partial charge is 0.407 e. The third kappa shape index (κ3) is 4.40. The van der Waals surface area contributed by atoms with Gasteiger partial charge < -0.3 is 19.9 Å². The average Bonchev–Trinajstić information content (AvgIpc) is 3.02. The molecule has 0 spiro atoms. The SMILES string of the molecule is CC(C)(C)OC(=O)NC[C@@H]1CCCN1C(=O)c1cc(Cl)c[nH]1. The Morgan fingerprint density at radius 2 is 2.23 bits per heavy atom. The summed E-state index contributed by atoms with van der Waals surface area (Å²) in [4.78, 5) is 28.8. The molecule has 2 rings (SSSR count). The normalized spacial score (nSPS) is 18.4. The quantitative estimate of drug-likeness (QED) is 0.896. The molecule has 1 aromatic heterocycles. The summed E-state index contributed by atoms with van der Waals surface area (Å²) in [7, 11) is 0. The molecule has 7 heteroatoms. The number of ether oxygens (including phenoxy) is 1. The van der Waals surface area contributed by atoms with Crippen molar-refractivity contribution in [2.75, 3.05) is 13.1 Å². The van der Waals surface area contributed by atoms with Crippen molar-refractivity contribution in [2.45, 2.75) is 45.3 Å². The van der Waals surface area contributed by atoms with Gasteiger partial charge in [0.15, 0.2) is 0 Å². The van der Waals surface area contributed by atoms with Crippen LogP contribution in [0.15, 0.2) is 12.3 Å². The van der Waals surface area contributed by atoms with Gasteiger partial charge in [-0.3, -0.25) is 4.79 Å². The van der Waals surface area contributed by atoms with Crippen molar-refractivity contribution in [3.8, 4) is 0 Å². The summed E-state index contributed by atoms with van der Waals surface area (Å²) < 4.78 is 5.20. The number of aromatic amines is 1. The van der Waals surface area contributed by atoms with E-state index in [-0.39, 0.29) is 11.9 Å². The van der Waals surface area contributed by atoms with Crippen LogP contribution in [0.5, 0.6) is 0 Å². The molecule has 6 nitrogen and oxygen atoms in total. The molecule has 2 amide bonds. The fourth-order valence-corrected chi connectivity index (χ4v) is 2.64. The Labute approximate surface area is 135 Å². The van der Waals surface area contributed by atoms with E-state index in [1.807, 2.05) is 20.8 Å². The van der Waals surface area contributed by atoms with Gasteiger partial charge in [0.1, 0.15) is 11.3 Å². The molecule has 2 N–H and O–H groups in total. The minimum Gasteiger partial charge on any atom is -0.444 e. The van der Waals surface area contributed by atoms with Crippen LogP contribution in [-0.2, 0) is 4.74 Å². The Bertz CT molecular complexity index is 550. The van der Waals surface area contributed by atoms with Crippen LogP contribution in [0.3, 0.4) is 0 Å². The van der Waals surface area contributed by atoms with Crippen LogP contribution in [-0.4, -0.2) is 46.6 Å². The van der Waals surface area contributed by atoms with Crippen molar-refractivity contribution >= 4 is 23.6 Å². The van der Waals surface area contributed by atoms with Gasteiger partial charge in [-0.1, -0.05) is 11.6 Å². The second kappa shape index (κ2) is 6.60. The Morgan fingerprint density at radius 1 is 1.50 bits per heavy atom. The molecule has 122 valence electrons. The molecule has 1 aliphatic rings. The maximum absolute atomic E-state index is 12.4. The number of hydrogen-bond donors (Lipinski definition) is 2. The molecular formula is C15H22ClN3O3. The van der Waals surface area contributed by atoms with Gasteiger partial charge in [-0.25, -0.2) is 4.79 Å². The number of rotatable bonds is 3. The van der Waals surface area contributed by atoms with Gasteiger partial charge in [0.25, 0.3) is 5.91 Å². The third-order valence-corrected chi connectivity index (χ3v) is 3.62. The summed E-state index contributed by atoms with van der Waals surface area (Å²) in [5.41, 5.74) is -0.0647. The topological polar surface area (TPSA) is 74.4 Å². The monoisotopic (exact) mass is 327 g/mol.